The van der Waals surface area contributed by atoms with E-state index in [9.17, 15) is 9.59 Å². The van der Waals surface area contributed by atoms with Gasteiger partial charge in [-0.2, -0.15) is 4.99 Å². The lowest BCUT2D eigenvalue weighted by molar-refractivity contribution is -0.118. The molecule has 0 spiro atoms. The zero-order chi connectivity index (χ0) is 30.0. The summed E-state index contributed by atoms with van der Waals surface area (Å²) in [4.78, 5) is 39.0. The number of pyridine rings is 1. The van der Waals surface area contributed by atoms with E-state index in [0.29, 0.717) is 23.0 Å². The number of hydrogen-bond acceptors (Lipinski definition) is 8. The number of amides is 2. The van der Waals surface area contributed by atoms with Crippen LogP contribution in [0.1, 0.15) is 74.3 Å². The Morgan fingerprint density at radius 3 is 2.58 bits per heavy atom. The first-order valence-corrected chi connectivity index (χ1v) is 15.3. The number of primary amides is 1. The van der Waals surface area contributed by atoms with Gasteiger partial charge in [0.2, 0.25) is 5.91 Å². The smallest absolute Gasteiger partial charge is 0.295 e. The van der Waals surface area contributed by atoms with E-state index in [1.165, 1.54) is 6.42 Å². The molecule has 6 rings (SSSR count). The topological polar surface area (TPSA) is 165 Å². The van der Waals surface area contributed by atoms with Crippen LogP contribution in [0.2, 0.25) is 0 Å². The molecule has 1 aliphatic heterocycles. The van der Waals surface area contributed by atoms with Crippen LogP contribution in [0.3, 0.4) is 0 Å². The Kier molecular flexibility index (Phi) is 8.16. The standard InChI is InChI=1S/C32H40N8O3/c1-32(14-5-15-40(19-32)23-12-13-26(35-17-23)28(33)38-30(42)20-10-11-20)39-25-9-3-2-8-24(25)37-31-36-18-27(43-31)21-6-4-7-22(16-21)29(34)41/h4,6-7,12-13,16-18,20,24-25,39H,2-3,5,8-11,14-15,19H2,1H3,(H2,34,41)(H,36,37)(H2,33,38,42). The number of anilines is 2. The highest BCUT2D eigenvalue weighted by molar-refractivity contribution is 6.03. The average molecular weight is 585 g/mol. The summed E-state index contributed by atoms with van der Waals surface area (Å²) < 4.78 is 6.05. The van der Waals surface area contributed by atoms with Crippen LogP contribution in [0.15, 0.2) is 58.2 Å². The molecule has 6 N–H and O–H groups in total. The first-order valence-electron chi connectivity index (χ1n) is 15.3. The number of oxazole rings is 1. The van der Waals surface area contributed by atoms with Crippen molar-refractivity contribution in [2.24, 2.45) is 22.4 Å². The largest absolute Gasteiger partial charge is 0.424 e. The highest BCUT2D eigenvalue weighted by Crippen LogP contribution is 2.32. The highest BCUT2D eigenvalue weighted by atomic mass is 16.4. The van der Waals surface area contributed by atoms with E-state index in [4.69, 9.17) is 15.9 Å². The fraction of sp³-hybridized carbons (Fsp3) is 0.469. The maximum absolute atomic E-state index is 12.0. The summed E-state index contributed by atoms with van der Waals surface area (Å²) in [5.74, 6) is 0.185. The van der Waals surface area contributed by atoms with Crippen molar-refractivity contribution in [3.8, 4) is 11.3 Å². The number of nitrogens with one attached hydrogen (secondary N) is 2. The highest BCUT2D eigenvalue weighted by Gasteiger charge is 2.37. The molecule has 43 heavy (non-hydrogen) atoms. The van der Waals surface area contributed by atoms with Gasteiger partial charge in [0.15, 0.2) is 11.6 Å². The molecule has 2 aliphatic carbocycles. The normalized spacial score (nSPS) is 24.5. The minimum absolute atomic E-state index is 0.0375. The lowest BCUT2D eigenvalue weighted by atomic mass is 9.84. The summed E-state index contributed by atoms with van der Waals surface area (Å²) in [6, 6.07) is 11.8. The minimum atomic E-state index is -0.477. The monoisotopic (exact) mass is 584 g/mol. The lowest BCUT2D eigenvalue weighted by Crippen LogP contribution is -2.61. The van der Waals surface area contributed by atoms with Crippen LogP contribution in [0.25, 0.3) is 11.3 Å². The van der Waals surface area contributed by atoms with Crippen molar-refractivity contribution < 1.29 is 14.0 Å². The number of amidine groups is 1. The number of nitrogens with zero attached hydrogens (tertiary/aromatic N) is 4. The van der Waals surface area contributed by atoms with E-state index in [2.05, 4.69) is 37.4 Å². The zero-order valence-corrected chi connectivity index (χ0v) is 24.6. The maximum Gasteiger partial charge on any atom is 0.295 e. The molecule has 2 amide bonds. The molecule has 2 aromatic heterocycles. The zero-order valence-electron chi connectivity index (χ0n) is 24.6. The Morgan fingerprint density at radius 2 is 1.84 bits per heavy atom. The van der Waals surface area contributed by atoms with Gasteiger partial charge in [0.25, 0.3) is 11.9 Å². The van der Waals surface area contributed by atoms with Gasteiger partial charge >= 0.3 is 0 Å². The molecule has 3 atom stereocenters. The predicted molar refractivity (Wildman–Crippen MR) is 166 cm³/mol. The molecular formula is C32H40N8O3. The third kappa shape index (κ3) is 6.88. The second kappa shape index (κ2) is 12.2. The molecule has 2 saturated carbocycles. The number of rotatable bonds is 9. The van der Waals surface area contributed by atoms with Gasteiger partial charge in [0.05, 0.1) is 18.1 Å². The van der Waals surface area contributed by atoms with Crippen LogP contribution in [-0.4, -0.2) is 58.3 Å². The molecule has 11 nitrogen and oxygen atoms in total. The molecule has 226 valence electrons. The fourth-order valence-electron chi connectivity index (χ4n) is 6.28. The molecule has 1 saturated heterocycles. The van der Waals surface area contributed by atoms with E-state index in [-0.39, 0.29) is 35.3 Å². The molecule has 3 heterocycles. The maximum atomic E-state index is 12.0. The number of aromatic nitrogens is 2. The van der Waals surface area contributed by atoms with E-state index >= 15 is 0 Å². The van der Waals surface area contributed by atoms with E-state index in [0.717, 1.165) is 69.3 Å². The number of carbonyl (C=O) groups is 2. The minimum Gasteiger partial charge on any atom is -0.424 e. The first kappa shape index (κ1) is 28.9. The SMILES string of the molecule is CC1(NC2CCCCC2Nc2ncc(-c3cccc(C(N)=O)c3)o2)CCCN(c2ccc(C(N)=NC(=O)C3CC3)nc2)C1. The van der Waals surface area contributed by atoms with Gasteiger partial charge in [-0.3, -0.25) is 14.6 Å². The van der Waals surface area contributed by atoms with Crippen LogP contribution in [0, 0.1) is 5.92 Å². The average Bonchev–Trinajstić information content (AvgIpc) is 3.76. The molecule has 3 unspecified atom stereocenters. The third-order valence-corrected chi connectivity index (χ3v) is 8.78. The Labute approximate surface area is 251 Å². The lowest BCUT2D eigenvalue weighted by Gasteiger charge is -2.46. The number of nitrogens with two attached hydrogens (primary N) is 2. The Hall–Kier alpha value is -4.25. The van der Waals surface area contributed by atoms with E-state index < -0.39 is 5.91 Å². The van der Waals surface area contributed by atoms with Crippen molar-refractivity contribution >= 4 is 29.4 Å². The number of carbonyl (C=O) groups excluding carboxylic acids is 2. The molecule has 11 heteroatoms. The fourth-order valence-corrected chi connectivity index (χ4v) is 6.28. The van der Waals surface area contributed by atoms with Crippen molar-refractivity contribution in [2.45, 2.75) is 75.9 Å². The van der Waals surface area contributed by atoms with Crippen molar-refractivity contribution in [3.05, 3.63) is 60.0 Å². The molecule has 1 aromatic carbocycles. The summed E-state index contributed by atoms with van der Waals surface area (Å²) in [6.07, 6.45) is 11.8. The molecule has 3 aliphatic rings. The second-order valence-corrected chi connectivity index (χ2v) is 12.4. The van der Waals surface area contributed by atoms with Crippen LogP contribution < -0.4 is 27.0 Å². The van der Waals surface area contributed by atoms with Crippen molar-refractivity contribution in [2.75, 3.05) is 23.3 Å². The molecular weight excluding hydrogens is 544 g/mol. The van der Waals surface area contributed by atoms with Gasteiger partial charge in [-0.05, 0) is 69.7 Å². The van der Waals surface area contributed by atoms with Gasteiger partial charge in [0.1, 0.15) is 5.69 Å². The Balaban J connectivity index is 1.10. The van der Waals surface area contributed by atoms with Gasteiger partial charge in [-0.25, -0.2) is 4.98 Å². The second-order valence-electron chi connectivity index (χ2n) is 12.4. The quantitative estimate of drug-likeness (QED) is 0.216. The van der Waals surface area contributed by atoms with Crippen molar-refractivity contribution in [1.29, 1.82) is 0 Å². The van der Waals surface area contributed by atoms with Crippen LogP contribution in [-0.2, 0) is 4.79 Å². The summed E-state index contributed by atoms with van der Waals surface area (Å²) in [5, 5.41) is 7.55. The van der Waals surface area contributed by atoms with Gasteiger partial charge in [-0.15, -0.1) is 0 Å². The molecule has 0 radical (unpaired) electrons. The summed E-state index contributed by atoms with van der Waals surface area (Å²) in [7, 11) is 0. The van der Waals surface area contributed by atoms with E-state index in [1.807, 2.05) is 24.4 Å². The molecule has 0 bridgehead atoms. The van der Waals surface area contributed by atoms with Crippen molar-refractivity contribution in [3.63, 3.8) is 0 Å². The number of piperidine rings is 1. The van der Waals surface area contributed by atoms with Crippen molar-refractivity contribution in [1.82, 2.24) is 15.3 Å². The summed E-state index contributed by atoms with van der Waals surface area (Å²) >= 11 is 0. The first-order chi connectivity index (χ1) is 20.8. The molecule has 3 aromatic rings. The van der Waals surface area contributed by atoms with Gasteiger partial charge in [-0.1, -0.05) is 25.0 Å². The van der Waals surface area contributed by atoms with Gasteiger partial charge in [0, 0.05) is 47.8 Å². The number of hydrogen-bond donors (Lipinski definition) is 4. The Morgan fingerprint density at radius 1 is 1.02 bits per heavy atom. The number of benzene rings is 1. The third-order valence-electron chi connectivity index (χ3n) is 8.78. The Bertz CT molecular complexity index is 1500. The van der Waals surface area contributed by atoms with Crippen LogP contribution >= 0.6 is 0 Å². The van der Waals surface area contributed by atoms with Crippen LogP contribution in [0.4, 0.5) is 11.7 Å². The molecule has 3 fully saturated rings. The van der Waals surface area contributed by atoms with E-state index in [1.54, 1.807) is 24.4 Å². The summed E-state index contributed by atoms with van der Waals surface area (Å²) in [6.45, 7) is 4.10. The van der Waals surface area contributed by atoms with Gasteiger partial charge < -0.3 is 31.4 Å². The number of aliphatic imine (C=N–C) groups is 1. The summed E-state index contributed by atoms with van der Waals surface area (Å²) in [5.41, 5.74) is 14.2. The predicted octanol–water partition coefficient (Wildman–Crippen LogP) is 3.85. The van der Waals surface area contributed by atoms with Crippen LogP contribution in [0.5, 0.6) is 0 Å².